The zero-order chi connectivity index (χ0) is 24.4. The molecule has 1 aromatic carbocycles. The molecule has 0 aliphatic heterocycles. The molecule has 2 N–H and O–H groups in total. The van der Waals surface area contributed by atoms with Crippen LogP contribution in [0, 0.1) is 17.1 Å². The summed E-state index contributed by atoms with van der Waals surface area (Å²) in [5.74, 6) is -4.93. The summed E-state index contributed by atoms with van der Waals surface area (Å²) in [6.07, 6.45) is -11.3. The van der Waals surface area contributed by atoms with Crippen molar-refractivity contribution >= 4 is 15.7 Å². The predicted molar refractivity (Wildman–Crippen MR) is 97.2 cm³/mol. The number of nitrogens with one attached hydrogen (secondary N) is 2. The highest BCUT2D eigenvalue weighted by molar-refractivity contribution is 7.91. The molecule has 0 aromatic heterocycles. The van der Waals surface area contributed by atoms with Crippen molar-refractivity contribution in [2.24, 2.45) is 0 Å². The SMILES string of the molecule is N#CC1(NC(=O)C(CS(=O)(=O)CCC(F)(F)F)NC(c2ccc(F)cc2)C(F)(F)F)CC1. The number of hydrogen-bond acceptors (Lipinski definition) is 5. The van der Waals surface area contributed by atoms with Gasteiger partial charge in [-0.15, -0.1) is 0 Å². The van der Waals surface area contributed by atoms with Crippen molar-refractivity contribution in [3.8, 4) is 6.07 Å². The molecule has 2 atom stereocenters. The van der Waals surface area contributed by atoms with Gasteiger partial charge in [-0.3, -0.25) is 10.1 Å². The summed E-state index contributed by atoms with van der Waals surface area (Å²) in [6.45, 7) is 0. The lowest BCUT2D eigenvalue weighted by Gasteiger charge is -2.28. The normalized spacial score (nSPS) is 17.8. The van der Waals surface area contributed by atoms with Gasteiger partial charge in [-0.1, -0.05) is 12.1 Å². The fourth-order valence-corrected chi connectivity index (χ4v) is 4.22. The molecule has 1 saturated carbocycles. The average molecular weight is 489 g/mol. The molecule has 1 fully saturated rings. The lowest BCUT2D eigenvalue weighted by atomic mass is 10.0. The number of rotatable bonds is 9. The molecule has 0 bridgehead atoms. The largest absolute Gasteiger partial charge is 0.407 e. The maximum absolute atomic E-state index is 13.6. The third kappa shape index (κ3) is 7.63. The van der Waals surface area contributed by atoms with Gasteiger partial charge >= 0.3 is 12.4 Å². The Kier molecular flexibility index (Phi) is 7.45. The van der Waals surface area contributed by atoms with E-state index in [1.165, 1.54) is 0 Å². The highest BCUT2D eigenvalue weighted by Gasteiger charge is 2.48. The first-order valence-electron chi connectivity index (χ1n) is 9.14. The molecule has 0 radical (unpaired) electrons. The standard InChI is InChI=1S/C18H18F7N3O3S/c19-12-3-1-11(2-4-12)14(18(23,24)25)27-13(15(29)28-16(10-26)5-6-16)9-32(30,31)8-7-17(20,21)22/h1-4,13-14,27H,5-9H2,(H,28,29). The fourth-order valence-electron chi connectivity index (χ4n) is 2.76. The lowest BCUT2D eigenvalue weighted by molar-refractivity contribution is -0.160. The van der Waals surface area contributed by atoms with E-state index in [1.807, 2.05) is 5.32 Å². The minimum absolute atomic E-state index is 0.184. The number of carbonyl (C=O) groups excluding carboxylic acids is 1. The monoisotopic (exact) mass is 489 g/mol. The van der Waals surface area contributed by atoms with Crippen LogP contribution in [0.1, 0.15) is 30.9 Å². The molecule has 1 aromatic rings. The Bertz CT molecular complexity index is 966. The van der Waals surface area contributed by atoms with Crippen LogP contribution in [-0.4, -0.2) is 49.8 Å². The third-order valence-electron chi connectivity index (χ3n) is 4.66. The van der Waals surface area contributed by atoms with Gasteiger partial charge in [0.15, 0.2) is 9.84 Å². The zero-order valence-corrected chi connectivity index (χ0v) is 17.0. The van der Waals surface area contributed by atoms with Crippen LogP contribution in [0.4, 0.5) is 30.7 Å². The van der Waals surface area contributed by atoms with Crippen molar-refractivity contribution < 1.29 is 43.9 Å². The van der Waals surface area contributed by atoms with Crippen LogP contribution in [0.3, 0.4) is 0 Å². The number of carbonyl (C=O) groups is 1. The van der Waals surface area contributed by atoms with Gasteiger partial charge in [-0.05, 0) is 30.5 Å². The topological polar surface area (TPSA) is 99.1 Å². The van der Waals surface area contributed by atoms with Crippen molar-refractivity contribution in [2.45, 2.75) is 49.2 Å². The minimum Gasteiger partial charge on any atom is -0.336 e. The van der Waals surface area contributed by atoms with E-state index in [1.54, 1.807) is 6.07 Å². The van der Waals surface area contributed by atoms with Gasteiger partial charge in [0.25, 0.3) is 0 Å². The van der Waals surface area contributed by atoms with Crippen molar-refractivity contribution in [2.75, 3.05) is 11.5 Å². The summed E-state index contributed by atoms with van der Waals surface area (Å²) in [5, 5.41) is 13.0. The van der Waals surface area contributed by atoms with Gasteiger partial charge in [0.2, 0.25) is 5.91 Å². The fraction of sp³-hybridized carbons (Fsp3) is 0.556. The maximum atomic E-state index is 13.6. The van der Waals surface area contributed by atoms with E-state index in [0.29, 0.717) is 0 Å². The second-order valence-electron chi connectivity index (χ2n) is 7.41. The van der Waals surface area contributed by atoms with E-state index < -0.39 is 75.0 Å². The Morgan fingerprint density at radius 2 is 1.69 bits per heavy atom. The molecular weight excluding hydrogens is 471 g/mol. The first kappa shape index (κ1) is 25.9. The predicted octanol–water partition coefficient (Wildman–Crippen LogP) is 2.93. The molecule has 32 heavy (non-hydrogen) atoms. The molecule has 6 nitrogen and oxygen atoms in total. The van der Waals surface area contributed by atoms with Crippen LogP contribution >= 0.6 is 0 Å². The molecule has 178 valence electrons. The number of nitrogens with zero attached hydrogens (tertiary/aromatic N) is 1. The molecule has 1 aliphatic carbocycles. The van der Waals surface area contributed by atoms with E-state index in [4.69, 9.17) is 5.26 Å². The average Bonchev–Trinajstić information content (AvgIpc) is 3.43. The van der Waals surface area contributed by atoms with Gasteiger partial charge in [-0.25, -0.2) is 12.8 Å². The first-order valence-corrected chi connectivity index (χ1v) is 11.0. The molecule has 1 aliphatic rings. The second-order valence-corrected chi connectivity index (χ2v) is 9.64. The first-order chi connectivity index (χ1) is 14.6. The van der Waals surface area contributed by atoms with E-state index in [0.717, 1.165) is 24.3 Å². The summed E-state index contributed by atoms with van der Waals surface area (Å²) < 4.78 is 116. The van der Waals surface area contributed by atoms with Gasteiger partial charge in [0, 0.05) is 0 Å². The van der Waals surface area contributed by atoms with Crippen LogP contribution < -0.4 is 10.6 Å². The highest BCUT2D eigenvalue weighted by atomic mass is 32.2. The Morgan fingerprint density at radius 1 is 1.12 bits per heavy atom. The molecule has 2 rings (SSSR count). The number of halogens is 7. The van der Waals surface area contributed by atoms with Crippen LogP contribution in [0.15, 0.2) is 24.3 Å². The molecule has 14 heteroatoms. The summed E-state index contributed by atoms with van der Waals surface area (Å²) >= 11 is 0. The van der Waals surface area contributed by atoms with Crippen molar-refractivity contribution in [1.82, 2.24) is 10.6 Å². The minimum atomic E-state index is -5.07. The molecule has 1 amide bonds. The van der Waals surface area contributed by atoms with Crippen molar-refractivity contribution in [1.29, 1.82) is 5.26 Å². The van der Waals surface area contributed by atoms with Crippen LogP contribution in [0.2, 0.25) is 0 Å². The van der Waals surface area contributed by atoms with Gasteiger partial charge in [0.05, 0.1) is 24.0 Å². The lowest BCUT2D eigenvalue weighted by Crippen LogP contribution is -2.54. The summed E-state index contributed by atoms with van der Waals surface area (Å²) in [6, 6.07) is -0.0316. The maximum Gasteiger partial charge on any atom is 0.407 e. The number of benzene rings is 1. The molecular formula is C18H18F7N3O3S. The van der Waals surface area contributed by atoms with E-state index in [9.17, 15) is 43.9 Å². The summed E-state index contributed by atoms with van der Waals surface area (Å²) in [4.78, 5) is 12.5. The number of alkyl halides is 6. The number of hydrogen-bond donors (Lipinski definition) is 2. The van der Waals surface area contributed by atoms with Gasteiger partial charge < -0.3 is 5.32 Å². The Morgan fingerprint density at radius 3 is 2.12 bits per heavy atom. The van der Waals surface area contributed by atoms with Crippen LogP contribution in [0.5, 0.6) is 0 Å². The van der Waals surface area contributed by atoms with Crippen molar-refractivity contribution in [3.05, 3.63) is 35.6 Å². The van der Waals surface area contributed by atoms with Crippen LogP contribution in [0.25, 0.3) is 0 Å². The molecule has 0 saturated heterocycles. The van der Waals surface area contributed by atoms with Gasteiger partial charge in [-0.2, -0.15) is 31.6 Å². The Balaban J connectivity index is 2.32. The Labute approximate surface area is 178 Å². The third-order valence-corrected chi connectivity index (χ3v) is 6.33. The Hall–Kier alpha value is -2.40. The molecule has 0 spiro atoms. The highest BCUT2D eigenvalue weighted by Crippen LogP contribution is 2.36. The van der Waals surface area contributed by atoms with E-state index in [-0.39, 0.29) is 12.8 Å². The van der Waals surface area contributed by atoms with E-state index in [2.05, 4.69) is 5.32 Å². The van der Waals surface area contributed by atoms with Gasteiger partial charge in [0.1, 0.15) is 23.4 Å². The number of nitriles is 1. The summed E-state index contributed by atoms with van der Waals surface area (Å²) in [7, 11) is -4.63. The van der Waals surface area contributed by atoms with Crippen molar-refractivity contribution in [3.63, 3.8) is 0 Å². The number of amides is 1. The molecule has 0 heterocycles. The van der Waals surface area contributed by atoms with Crippen LogP contribution in [-0.2, 0) is 14.6 Å². The quantitative estimate of drug-likeness (QED) is 0.520. The molecule has 2 unspecified atom stereocenters. The number of sulfone groups is 1. The van der Waals surface area contributed by atoms with E-state index >= 15 is 0 Å². The zero-order valence-electron chi connectivity index (χ0n) is 16.2. The summed E-state index contributed by atoms with van der Waals surface area (Å²) in [5.41, 5.74) is -1.91. The second kappa shape index (κ2) is 9.22. The smallest absolute Gasteiger partial charge is 0.336 e.